The van der Waals surface area contributed by atoms with Crippen LogP contribution in [0.1, 0.15) is 29.7 Å². The Hall–Kier alpha value is -1.52. The number of hydrogen-bond acceptors (Lipinski definition) is 3. The smallest absolute Gasteiger partial charge is 0.128 e. The highest BCUT2D eigenvalue weighted by Crippen LogP contribution is 2.41. The van der Waals surface area contributed by atoms with Gasteiger partial charge in [0.15, 0.2) is 0 Å². The van der Waals surface area contributed by atoms with Crippen molar-refractivity contribution in [2.45, 2.75) is 18.6 Å². The molecule has 0 saturated heterocycles. The number of halogens is 1. The Labute approximate surface area is 126 Å². The van der Waals surface area contributed by atoms with Gasteiger partial charge in [-0.05, 0) is 23.8 Å². The summed E-state index contributed by atoms with van der Waals surface area (Å²) in [5.41, 5.74) is 8.44. The first-order chi connectivity index (χ1) is 9.67. The molecule has 2 N–H and O–H groups in total. The van der Waals surface area contributed by atoms with E-state index < -0.39 is 0 Å². The summed E-state index contributed by atoms with van der Waals surface area (Å²) >= 11 is 3.49. The van der Waals surface area contributed by atoms with Crippen LogP contribution in [0.15, 0.2) is 46.9 Å². The zero-order valence-corrected chi connectivity index (χ0v) is 12.8. The molecule has 2 aromatic carbocycles. The van der Waals surface area contributed by atoms with Gasteiger partial charge in [0.2, 0.25) is 0 Å². The lowest BCUT2D eigenvalue weighted by molar-refractivity contribution is 0.161. The number of nitrogens with two attached hydrogens (primary N) is 1. The molecule has 1 heterocycles. The maximum atomic E-state index is 6.27. The Morgan fingerprint density at radius 3 is 2.85 bits per heavy atom. The van der Waals surface area contributed by atoms with Gasteiger partial charge in [-0.1, -0.05) is 34.1 Å². The molecule has 0 fully saturated rings. The van der Waals surface area contributed by atoms with Crippen LogP contribution in [0.2, 0.25) is 0 Å². The number of rotatable bonds is 2. The van der Waals surface area contributed by atoms with Crippen molar-refractivity contribution in [3.05, 3.63) is 58.1 Å². The van der Waals surface area contributed by atoms with E-state index in [0.29, 0.717) is 0 Å². The van der Waals surface area contributed by atoms with Crippen molar-refractivity contribution in [2.75, 3.05) is 7.11 Å². The summed E-state index contributed by atoms with van der Waals surface area (Å²) in [4.78, 5) is 0. The molecule has 104 valence electrons. The summed E-state index contributed by atoms with van der Waals surface area (Å²) in [7, 11) is 1.65. The quantitative estimate of drug-likeness (QED) is 0.903. The number of fused-ring (bicyclic) bond motifs is 1. The normalized spacial score (nSPS) is 20.9. The van der Waals surface area contributed by atoms with Crippen LogP contribution < -0.4 is 15.2 Å². The molecular weight excluding hydrogens is 318 g/mol. The third-order valence-electron chi connectivity index (χ3n) is 3.58. The van der Waals surface area contributed by atoms with Crippen molar-refractivity contribution < 1.29 is 9.47 Å². The molecule has 0 spiro atoms. The van der Waals surface area contributed by atoms with E-state index in [1.165, 1.54) is 0 Å². The van der Waals surface area contributed by atoms with Crippen LogP contribution in [0.25, 0.3) is 0 Å². The van der Waals surface area contributed by atoms with Gasteiger partial charge in [0.25, 0.3) is 0 Å². The lowest BCUT2D eigenvalue weighted by Crippen LogP contribution is -2.24. The molecule has 4 heteroatoms. The Morgan fingerprint density at radius 1 is 1.25 bits per heavy atom. The summed E-state index contributed by atoms with van der Waals surface area (Å²) in [6, 6.07) is 13.9. The van der Waals surface area contributed by atoms with Gasteiger partial charge in [-0.2, -0.15) is 0 Å². The highest BCUT2D eigenvalue weighted by atomic mass is 79.9. The molecule has 0 amide bonds. The van der Waals surface area contributed by atoms with E-state index in [0.717, 1.165) is 33.5 Å². The van der Waals surface area contributed by atoms with Crippen molar-refractivity contribution >= 4 is 15.9 Å². The first-order valence-electron chi connectivity index (χ1n) is 6.53. The molecule has 1 aliphatic rings. The highest BCUT2D eigenvalue weighted by Gasteiger charge is 2.27. The molecule has 2 atom stereocenters. The second-order valence-electron chi connectivity index (χ2n) is 4.91. The summed E-state index contributed by atoms with van der Waals surface area (Å²) in [6.45, 7) is 0. The molecule has 0 aromatic heterocycles. The largest absolute Gasteiger partial charge is 0.497 e. The standard InChI is InChI=1S/C16H16BrNO2/c1-19-12-5-6-13-14(18)9-15(20-16(13)8-12)10-3-2-4-11(17)7-10/h2-8,14-15H,9,18H2,1H3/t14-,15?/m0/s1. The van der Waals surface area contributed by atoms with E-state index in [2.05, 4.69) is 28.1 Å². The Kier molecular flexibility index (Phi) is 3.68. The molecule has 0 saturated carbocycles. The molecule has 20 heavy (non-hydrogen) atoms. The van der Waals surface area contributed by atoms with Crippen molar-refractivity contribution in [2.24, 2.45) is 5.73 Å². The average molecular weight is 334 g/mol. The summed E-state index contributed by atoms with van der Waals surface area (Å²) < 4.78 is 12.4. The maximum absolute atomic E-state index is 6.27. The number of methoxy groups -OCH3 is 1. The fourth-order valence-electron chi connectivity index (χ4n) is 2.52. The minimum Gasteiger partial charge on any atom is -0.497 e. The number of ether oxygens (including phenoxy) is 2. The van der Waals surface area contributed by atoms with E-state index >= 15 is 0 Å². The van der Waals surface area contributed by atoms with Crippen LogP contribution in [-0.4, -0.2) is 7.11 Å². The van der Waals surface area contributed by atoms with Gasteiger partial charge in [0, 0.05) is 28.6 Å². The van der Waals surface area contributed by atoms with Crippen molar-refractivity contribution in [1.82, 2.24) is 0 Å². The van der Waals surface area contributed by atoms with Gasteiger partial charge in [-0.15, -0.1) is 0 Å². The summed E-state index contributed by atoms with van der Waals surface area (Å²) in [6.07, 6.45) is 0.748. The SMILES string of the molecule is COc1ccc2c(c1)OC(c1cccc(Br)c1)C[C@@H]2N. The van der Waals surface area contributed by atoms with Gasteiger partial charge in [-0.25, -0.2) is 0 Å². The van der Waals surface area contributed by atoms with Crippen LogP contribution in [-0.2, 0) is 0 Å². The van der Waals surface area contributed by atoms with E-state index in [4.69, 9.17) is 15.2 Å². The molecule has 1 unspecified atom stereocenters. The molecule has 1 aliphatic heterocycles. The summed E-state index contributed by atoms with van der Waals surface area (Å²) in [5, 5.41) is 0. The minimum absolute atomic E-state index is 0.0198. The van der Waals surface area contributed by atoms with Gasteiger partial charge in [0.05, 0.1) is 7.11 Å². The van der Waals surface area contributed by atoms with Gasteiger partial charge < -0.3 is 15.2 Å². The average Bonchev–Trinajstić information content (AvgIpc) is 2.46. The number of hydrogen-bond donors (Lipinski definition) is 1. The van der Waals surface area contributed by atoms with Crippen LogP contribution in [0, 0.1) is 0 Å². The monoisotopic (exact) mass is 333 g/mol. The lowest BCUT2D eigenvalue weighted by atomic mass is 9.93. The minimum atomic E-state index is -0.0258. The Balaban J connectivity index is 1.95. The third kappa shape index (κ3) is 2.53. The fraction of sp³-hybridized carbons (Fsp3) is 0.250. The lowest BCUT2D eigenvalue weighted by Gasteiger charge is -2.31. The molecule has 2 aromatic rings. The van der Waals surface area contributed by atoms with Crippen LogP contribution in [0.4, 0.5) is 0 Å². The highest BCUT2D eigenvalue weighted by molar-refractivity contribution is 9.10. The maximum Gasteiger partial charge on any atom is 0.128 e. The van der Waals surface area contributed by atoms with Crippen LogP contribution in [0.3, 0.4) is 0 Å². The summed E-state index contributed by atoms with van der Waals surface area (Å²) in [5.74, 6) is 1.60. The second kappa shape index (κ2) is 5.46. The Morgan fingerprint density at radius 2 is 2.10 bits per heavy atom. The van der Waals surface area contributed by atoms with E-state index in [-0.39, 0.29) is 12.1 Å². The van der Waals surface area contributed by atoms with Crippen molar-refractivity contribution in [1.29, 1.82) is 0 Å². The topological polar surface area (TPSA) is 44.5 Å². The second-order valence-corrected chi connectivity index (χ2v) is 5.82. The predicted molar refractivity (Wildman–Crippen MR) is 82.1 cm³/mol. The van der Waals surface area contributed by atoms with Crippen LogP contribution >= 0.6 is 15.9 Å². The molecule has 3 rings (SSSR count). The predicted octanol–water partition coefficient (Wildman–Crippen LogP) is 3.98. The van der Waals surface area contributed by atoms with Crippen molar-refractivity contribution in [3.8, 4) is 11.5 Å². The van der Waals surface area contributed by atoms with Gasteiger partial charge in [0.1, 0.15) is 17.6 Å². The van der Waals surface area contributed by atoms with Gasteiger partial charge in [-0.3, -0.25) is 0 Å². The zero-order valence-electron chi connectivity index (χ0n) is 11.2. The zero-order chi connectivity index (χ0) is 14.1. The van der Waals surface area contributed by atoms with E-state index in [9.17, 15) is 0 Å². The Bertz CT molecular complexity index is 630. The van der Waals surface area contributed by atoms with E-state index in [1.54, 1.807) is 7.11 Å². The number of benzene rings is 2. The van der Waals surface area contributed by atoms with Crippen molar-refractivity contribution in [3.63, 3.8) is 0 Å². The fourth-order valence-corrected chi connectivity index (χ4v) is 2.94. The molecule has 3 nitrogen and oxygen atoms in total. The van der Waals surface area contributed by atoms with E-state index in [1.807, 2.05) is 30.3 Å². The van der Waals surface area contributed by atoms with Crippen LogP contribution in [0.5, 0.6) is 11.5 Å². The van der Waals surface area contributed by atoms with Gasteiger partial charge >= 0.3 is 0 Å². The first-order valence-corrected chi connectivity index (χ1v) is 7.32. The molecular formula is C16H16BrNO2. The first kappa shape index (κ1) is 13.5. The third-order valence-corrected chi connectivity index (χ3v) is 4.07. The molecule has 0 bridgehead atoms. The molecule has 0 aliphatic carbocycles. The molecule has 0 radical (unpaired) electrons.